The van der Waals surface area contributed by atoms with E-state index < -0.39 is 5.41 Å². The van der Waals surface area contributed by atoms with Gasteiger partial charge in [-0.3, -0.25) is 14.6 Å². The number of hydrogen-bond donors (Lipinski definition) is 1. The SMILES string of the molecule is CN1C(=O)C(CC(=O)NCCc2ccccn2)(Cc2ccccc2)c2ccccc21. The van der Waals surface area contributed by atoms with Crippen molar-refractivity contribution < 1.29 is 9.59 Å². The number of para-hydroxylation sites is 1. The predicted molar refractivity (Wildman–Crippen MR) is 117 cm³/mol. The Hall–Kier alpha value is -3.47. The zero-order valence-corrected chi connectivity index (χ0v) is 17.0. The lowest BCUT2D eigenvalue weighted by molar-refractivity contribution is -0.129. The Balaban J connectivity index is 1.57. The molecule has 1 unspecified atom stereocenters. The lowest BCUT2D eigenvalue weighted by Crippen LogP contribution is -2.44. The molecule has 1 atom stereocenters. The van der Waals surface area contributed by atoms with E-state index in [1.54, 1.807) is 18.1 Å². The molecule has 2 amide bonds. The smallest absolute Gasteiger partial charge is 0.238 e. The normalized spacial score (nSPS) is 17.6. The molecule has 2 aromatic carbocycles. The highest BCUT2D eigenvalue weighted by Gasteiger charge is 2.50. The van der Waals surface area contributed by atoms with Gasteiger partial charge < -0.3 is 10.2 Å². The molecule has 30 heavy (non-hydrogen) atoms. The quantitative estimate of drug-likeness (QED) is 0.663. The standard InChI is InChI=1S/C25H25N3O2/c1-28-22-13-6-5-12-21(22)25(24(28)30,17-19-9-3-2-4-10-19)18-23(29)27-16-14-20-11-7-8-15-26-20/h2-13,15H,14,16-18H2,1H3,(H,27,29). The average Bonchev–Trinajstić information content (AvgIpc) is 2.97. The molecule has 1 aliphatic heterocycles. The monoisotopic (exact) mass is 399 g/mol. The summed E-state index contributed by atoms with van der Waals surface area (Å²) in [6.07, 6.45) is 3.00. The van der Waals surface area contributed by atoms with Gasteiger partial charge in [0.1, 0.15) is 0 Å². The van der Waals surface area contributed by atoms with Gasteiger partial charge in [0.25, 0.3) is 0 Å². The van der Waals surface area contributed by atoms with Crippen LogP contribution in [-0.2, 0) is 27.8 Å². The number of rotatable bonds is 7. The summed E-state index contributed by atoms with van der Waals surface area (Å²) in [5.74, 6) is -0.159. The van der Waals surface area contributed by atoms with E-state index in [-0.39, 0.29) is 18.2 Å². The van der Waals surface area contributed by atoms with Gasteiger partial charge in [-0.15, -0.1) is 0 Å². The molecule has 5 heteroatoms. The highest BCUT2D eigenvalue weighted by Crippen LogP contribution is 2.45. The van der Waals surface area contributed by atoms with Crippen LogP contribution in [0.25, 0.3) is 0 Å². The predicted octanol–water partition coefficient (Wildman–Crippen LogP) is 3.29. The van der Waals surface area contributed by atoms with Gasteiger partial charge in [0.15, 0.2) is 0 Å². The summed E-state index contributed by atoms with van der Waals surface area (Å²) in [6.45, 7) is 0.489. The maximum atomic E-state index is 13.5. The maximum absolute atomic E-state index is 13.5. The summed E-state index contributed by atoms with van der Waals surface area (Å²) in [5, 5.41) is 2.99. The molecule has 1 aliphatic rings. The van der Waals surface area contributed by atoms with Crippen LogP contribution in [0.2, 0.25) is 0 Å². The van der Waals surface area contributed by atoms with Crippen molar-refractivity contribution in [3.8, 4) is 0 Å². The molecule has 5 nitrogen and oxygen atoms in total. The summed E-state index contributed by atoms with van der Waals surface area (Å²) >= 11 is 0. The Morgan fingerprint density at radius 1 is 1.00 bits per heavy atom. The Bertz CT molecular complexity index is 1040. The minimum atomic E-state index is -0.901. The van der Waals surface area contributed by atoms with Gasteiger partial charge in [0, 0.05) is 44.0 Å². The lowest BCUT2D eigenvalue weighted by Gasteiger charge is -2.28. The molecule has 152 valence electrons. The molecule has 3 aromatic rings. The van der Waals surface area contributed by atoms with Crippen molar-refractivity contribution >= 4 is 17.5 Å². The molecule has 2 heterocycles. The number of nitrogens with zero attached hydrogens (tertiary/aromatic N) is 2. The third-order valence-corrected chi connectivity index (χ3v) is 5.74. The third kappa shape index (κ3) is 3.83. The average molecular weight is 399 g/mol. The Labute approximate surface area is 176 Å². The highest BCUT2D eigenvalue weighted by molar-refractivity contribution is 6.09. The first kappa shape index (κ1) is 19.8. The number of aromatic nitrogens is 1. The summed E-state index contributed by atoms with van der Waals surface area (Å²) in [5.41, 5.74) is 2.86. The van der Waals surface area contributed by atoms with Crippen LogP contribution in [0.1, 0.15) is 23.2 Å². The molecule has 0 saturated heterocycles. The van der Waals surface area contributed by atoms with Crippen molar-refractivity contribution in [3.05, 3.63) is 95.8 Å². The van der Waals surface area contributed by atoms with Crippen LogP contribution < -0.4 is 10.2 Å². The minimum absolute atomic E-state index is 0.0348. The molecular weight excluding hydrogens is 374 g/mol. The fourth-order valence-electron chi connectivity index (χ4n) is 4.28. The molecule has 1 aromatic heterocycles. The van der Waals surface area contributed by atoms with E-state index in [4.69, 9.17) is 0 Å². The van der Waals surface area contributed by atoms with E-state index in [1.807, 2.05) is 72.8 Å². The maximum Gasteiger partial charge on any atom is 0.238 e. The van der Waals surface area contributed by atoms with E-state index in [2.05, 4.69) is 10.3 Å². The van der Waals surface area contributed by atoms with Crippen LogP contribution in [0.5, 0.6) is 0 Å². The number of carbonyl (C=O) groups is 2. The van der Waals surface area contributed by atoms with Gasteiger partial charge in [-0.2, -0.15) is 0 Å². The van der Waals surface area contributed by atoms with Crippen molar-refractivity contribution in [1.82, 2.24) is 10.3 Å². The second kappa shape index (κ2) is 8.49. The summed E-state index contributed by atoms with van der Waals surface area (Å²) in [6, 6.07) is 23.4. The fourth-order valence-corrected chi connectivity index (χ4v) is 4.28. The van der Waals surface area contributed by atoms with Gasteiger partial charge in [-0.25, -0.2) is 0 Å². The zero-order chi connectivity index (χ0) is 21.0. The van der Waals surface area contributed by atoms with Crippen molar-refractivity contribution in [1.29, 1.82) is 0 Å². The van der Waals surface area contributed by atoms with Crippen molar-refractivity contribution in [2.24, 2.45) is 0 Å². The Kier molecular flexibility index (Phi) is 5.61. The van der Waals surface area contributed by atoms with Gasteiger partial charge >= 0.3 is 0 Å². The molecule has 4 rings (SSSR count). The summed E-state index contributed by atoms with van der Waals surface area (Å²) < 4.78 is 0. The topological polar surface area (TPSA) is 62.3 Å². The molecule has 0 saturated carbocycles. The number of amides is 2. The number of nitrogens with one attached hydrogen (secondary N) is 1. The van der Waals surface area contributed by atoms with E-state index in [0.717, 1.165) is 22.5 Å². The molecule has 1 N–H and O–H groups in total. The number of carbonyl (C=O) groups excluding carboxylic acids is 2. The van der Waals surface area contributed by atoms with E-state index in [1.165, 1.54) is 0 Å². The highest BCUT2D eigenvalue weighted by atomic mass is 16.2. The molecule has 0 spiro atoms. The van der Waals surface area contributed by atoms with Crippen molar-refractivity contribution in [3.63, 3.8) is 0 Å². The molecule has 0 aliphatic carbocycles. The van der Waals surface area contributed by atoms with Crippen molar-refractivity contribution in [2.45, 2.75) is 24.7 Å². The number of likely N-dealkylation sites (N-methyl/N-ethyl adjacent to an activating group) is 1. The fraction of sp³-hybridized carbons (Fsp3) is 0.240. The first-order chi connectivity index (χ1) is 14.6. The van der Waals surface area contributed by atoms with Crippen LogP contribution in [0, 0.1) is 0 Å². The largest absolute Gasteiger partial charge is 0.356 e. The van der Waals surface area contributed by atoms with Crippen LogP contribution in [-0.4, -0.2) is 30.4 Å². The van der Waals surface area contributed by atoms with Gasteiger partial charge in [-0.1, -0.05) is 54.6 Å². The van der Waals surface area contributed by atoms with E-state index in [0.29, 0.717) is 19.4 Å². The molecule has 0 bridgehead atoms. The van der Waals surface area contributed by atoms with Crippen LogP contribution in [0.3, 0.4) is 0 Å². The van der Waals surface area contributed by atoms with Gasteiger partial charge in [0.05, 0.1) is 5.41 Å². The second-order valence-electron chi connectivity index (χ2n) is 7.72. The Morgan fingerprint density at radius 3 is 2.50 bits per heavy atom. The minimum Gasteiger partial charge on any atom is -0.356 e. The van der Waals surface area contributed by atoms with Gasteiger partial charge in [0.2, 0.25) is 11.8 Å². The van der Waals surface area contributed by atoms with Crippen LogP contribution in [0.4, 0.5) is 5.69 Å². The number of anilines is 1. The van der Waals surface area contributed by atoms with Crippen LogP contribution >= 0.6 is 0 Å². The molecular formula is C25H25N3O2. The third-order valence-electron chi connectivity index (χ3n) is 5.74. The van der Waals surface area contributed by atoms with Crippen LogP contribution in [0.15, 0.2) is 79.0 Å². The number of hydrogen-bond acceptors (Lipinski definition) is 3. The first-order valence-corrected chi connectivity index (χ1v) is 10.2. The number of pyridine rings is 1. The van der Waals surface area contributed by atoms with Crippen molar-refractivity contribution in [2.75, 3.05) is 18.5 Å². The Morgan fingerprint density at radius 2 is 1.73 bits per heavy atom. The second-order valence-corrected chi connectivity index (χ2v) is 7.72. The first-order valence-electron chi connectivity index (χ1n) is 10.2. The zero-order valence-electron chi connectivity index (χ0n) is 17.0. The lowest BCUT2D eigenvalue weighted by atomic mass is 9.73. The van der Waals surface area contributed by atoms with E-state index in [9.17, 15) is 9.59 Å². The number of fused-ring (bicyclic) bond motifs is 1. The molecule has 0 fully saturated rings. The summed E-state index contributed by atoms with van der Waals surface area (Å²) in [7, 11) is 1.78. The van der Waals surface area contributed by atoms with Gasteiger partial charge in [-0.05, 0) is 35.7 Å². The molecule has 0 radical (unpaired) electrons. The summed E-state index contributed by atoms with van der Waals surface area (Å²) in [4.78, 5) is 32.4. The number of benzene rings is 2. The van der Waals surface area contributed by atoms with E-state index >= 15 is 0 Å².